The first-order chi connectivity index (χ1) is 9.08. The monoisotopic (exact) mass is 378 g/mol. The highest BCUT2D eigenvalue weighted by molar-refractivity contribution is 14.1. The minimum atomic E-state index is -0.247. The average molecular weight is 378 g/mol. The number of ether oxygens (including phenoxy) is 2. The van der Waals surface area contributed by atoms with Gasteiger partial charge in [-0.25, -0.2) is 0 Å². The molecule has 1 rings (SSSR count). The van der Waals surface area contributed by atoms with Gasteiger partial charge in [0.1, 0.15) is 0 Å². The van der Waals surface area contributed by atoms with Crippen molar-refractivity contribution in [3.8, 4) is 0 Å². The molecule has 0 saturated heterocycles. The van der Waals surface area contributed by atoms with Crippen molar-refractivity contribution in [1.82, 2.24) is 0 Å². The molecule has 0 saturated carbocycles. The fourth-order valence-electron chi connectivity index (χ4n) is 2.07. The molecule has 0 heterocycles. The zero-order valence-electron chi connectivity index (χ0n) is 11.5. The van der Waals surface area contributed by atoms with Gasteiger partial charge >= 0.3 is 0 Å². The highest BCUT2D eigenvalue weighted by atomic mass is 127. The van der Waals surface area contributed by atoms with Crippen LogP contribution in [0.4, 0.5) is 0 Å². The van der Waals surface area contributed by atoms with Gasteiger partial charge in [-0.3, -0.25) is 9.59 Å². The number of unbranched alkanes of at least 4 members (excludes halogenated alkanes) is 2. The van der Waals surface area contributed by atoms with E-state index in [0.717, 1.165) is 23.7 Å². The number of allylic oxidation sites excluding steroid dienone is 2. The fourth-order valence-corrected chi connectivity index (χ4v) is 2.61. The van der Waals surface area contributed by atoms with Crippen LogP contribution in [0.5, 0.6) is 0 Å². The van der Waals surface area contributed by atoms with Crippen molar-refractivity contribution in [3.05, 3.63) is 22.7 Å². The average Bonchev–Trinajstić information content (AvgIpc) is 2.41. The first-order valence-corrected chi connectivity index (χ1v) is 7.78. The number of Topliss-reactive ketones (excluding diaryl/α,β-unsaturated/α-hetero) is 2. The van der Waals surface area contributed by atoms with E-state index in [1.807, 2.05) is 0 Å². The number of alkyl halides is 1. The second-order valence-electron chi connectivity index (χ2n) is 4.33. The predicted molar refractivity (Wildman–Crippen MR) is 81.1 cm³/mol. The number of hydrogen-bond acceptors (Lipinski definition) is 4. The summed E-state index contributed by atoms with van der Waals surface area (Å²) in [4.78, 5) is 24.4. The molecular formula is C14H19IO4. The first-order valence-electron chi connectivity index (χ1n) is 6.25. The van der Waals surface area contributed by atoms with Gasteiger partial charge in [-0.1, -0.05) is 29.0 Å². The van der Waals surface area contributed by atoms with Gasteiger partial charge in [-0.15, -0.1) is 0 Å². The minimum absolute atomic E-state index is 0.0148. The SMILES string of the molecule is COC1=C(OC)C(=O)C(CCCCCI)=C(C)C1=O. The Hall–Kier alpha value is -0.850. The summed E-state index contributed by atoms with van der Waals surface area (Å²) < 4.78 is 11.1. The summed E-state index contributed by atoms with van der Waals surface area (Å²) >= 11 is 2.33. The summed E-state index contributed by atoms with van der Waals surface area (Å²) in [5.74, 6) is -0.420. The Labute approximate surface area is 127 Å². The molecule has 4 nitrogen and oxygen atoms in total. The summed E-state index contributed by atoms with van der Waals surface area (Å²) in [6, 6.07) is 0. The molecule has 1 aliphatic carbocycles. The Kier molecular flexibility index (Phi) is 6.54. The van der Waals surface area contributed by atoms with Gasteiger partial charge in [-0.05, 0) is 30.6 Å². The zero-order valence-corrected chi connectivity index (χ0v) is 13.7. The molecule has 0 aromatic heterocycles. The molecule has 0 atom stereocenters. The third-order valence-electron chi connectivity index (χ3n) is 3.15. The van der Waals surface area contributed by atoms with E-state index in [0.29, 0.717) is 17.6 Å². The molecular weight excluding hydrogens is 359 g/mol. The summed E-state index contributed by atoms with van der Waals surface area (Å²) in [5, 5.41) is 0. The van der Waals surface area contributed by atoms with Gasteiger partial charge in [0, 0.05) is 11.1 Å². The second kappa shape index (κ2) is 7.67. The number of ketones is 2. The molecule has 0 aromatic carbocycles. The van der Waals surface area contributed by atoms with Gasteiger partial charge in [0.15, 0.2) is 0 Å². The van der Waals surface area contributed by atoms with Crippen LogP contribution in [-0.4, -0.2) is 30.2 Å². The van der Waals surface area contributed by atoms with Crippen LogP contribution in [0.25, 0.3) is 0 Å². The summed E-state index contributed by atoms with van der Waals surface area (Å²) in [5.41, 5.74) is 1.05. The topological polar surface area (TPSA) is 52.6 Å². The fraction of sp³-hybridized carbons (Fsp3) is 0.571. The van der Waals surface area contributed by atoms with E-state index in [4.69, 9.17) is 9.47 Å². The molecule has 0 bridgehead atoms. The Morgan fingerprint density at radius 3 is 2.05 bits per heavy atom. The number of carbonyl (C=O) groups is 2. The van der Waals surface area contributed by atoms with Crippen molar-refractivity contribution >= 4 is 34.2 Å². The molecule has 5 heteroatoms. The van der Waals surface area contributed by atoms with Crippen LogP contribution in [0, 0.1) is 0 Å². The largest absolute Gasteiger partial charge is 0.489 e. The van der Waals surface area contributed by atoms with E-state index in [1.165, 1.54) is 14.2 Å². The molecule has 0 unspecified atom stereocenters. The standard InChI is InChI=1S/C14H19IO4/c1-9-10(7-5-4-6-8-15)12(17)14(19-3)13(18-2)11(9)16/h4-8H2,1-3H3. The molecule has 19 heavy (non-hydrogen) atoms. The van der Waals surface area contributed by atoms with Crippen LogP contribution >= 0.6 is 22.6 Å². The van der Waals surface area contributed by atoms with E-state index in [1.54, 1.807) is 6.92 Å². The van der Waals surface area contributed by atoms with Crippen molar-refractivity contribution in [2.75, 3.05) is 18.6 Å². The Morgan fingerprint density at radius 1 is 0.947 bits per heavy atom. The van der Waals surface area contributed by atoms with Crippen LogP contribution in [0.15, 0.2) is 22.7 Å². The van der Waals surface area contributed by atoms with Gasteiger partial charge < -0.3 is 9.47 Å². The third-order valence-corrected chi connectivity index (χ3v) is 3.92. The van der Waals surface area contributed by atoms with Gasteiger partial charge in [0.2, 0.25) is 23.1 Å². The van der Waals surface area contributed by atoms with E-state index in [2.05, 4.69) is 22.6 Å². The van der Waals surface area contributed by atoms with Crippen molar-refractivity contribution in [1.29, 1.82) is 0 Å². The highest BCUT2D eigenvalue weighted by Crippen LogP contribution is 2.28. The molecule has 1 aliphatic rings. The lowest BCUT2D eigenvalue weighted by Crippen LogP contribution is -2.25. The summed E-state index contributed by atoms with van der Waals surface area (Å²) in [7, 11) is 2.76. The Balaban J connectivity index is 2.90. The summed E-state index contributed by atoms with van der Waals surface area (Å²) in [6.07, 6.45) is 3.72. The molecule has 0 N–H and O–H groups in total. The molecule has 0 amide bonds. The number of halogens is 1. The quantitative estimate of drug-likeness (QED) is 0.296. The second-order valence-corrected chi connectivity index (χ2v) is 5.41. The van der Waals surface area contributed by atoms with Crippen LogP contribution in [0.2, 0.25) is 0 Å². The zero-order chi connectivity index (χ0) is 14.4. The van der Waals surface area contributed by atoms with E-state index in [-0.39, 0.29) is 23.1 Å². The van der Waals surface area contributed by atoms with Crippen LogP contribution in [0.1, 0.15) is 32.6 Å². The number of hydrogen-bond donors (Lipinski definition) is 0. The van der Waals surface area contributed by atoms with E-state index < -0.39 is 0 Å². The van der Waals surface area contributed by atoms with E-state index in [9.17, 15) is 9.59 Å². The van der Waals surface area contributed by atoms with Crippen molar-refractivity contribution in [2.45, 2.75) is 32.6 Å². The molecule has 106 valence electrons. The summed E-state index contributed by atoms with van der Waals surface area (Å²) in [6.45, 7) is 1.68. The van der Waals surface area contributed by atoms with Gasteiger partial charge in [0.05, 0.1) is 14.2 Å². The first kappa shape index (κ1) is 16.2. The lowest BCUT2D eigenvalue weighted by Gasteiger charge is -2.20. The smallest absolute Gasteiger partial charge is 0.228 e. The molecule has 0 aliphatic heterocycles. The normalized spacial score (nSPS) is 16.2. The van der Waals surface area contributed by atoms with Crippen molar-refractivity contribution in [3.63, 3.8) is 0 Å². The van der Waals surface area contributed by atoms with Crippen LogP contribution in [-0.2, 0) is 19.1 Å². The molecule has 0 aromatic rings. The molecule has 0 spiro atoms. The predicted octanol–water partition coefficient (Wildman–Crippen LogP) is 2.95. The van der Waals surface area contributed by atoms with Gasteiger partial charge in [0.25, 0.3) is 0 Å². The maximum atomic E-state index is 12.3. The highest BCUT2D eigenvalue weighted by Gasteiger charge is 2.34. The minimum Gasteiger partial charge on any atom is -0.489 e. The number of methoxy groups -OCH3 is 2. The molecule has 0 radical (unpaired) electrons. The van der Waals surface area contributed by atoms with Crippen LogP contribution < -0.4 is 0 Å². The van der Waals surface area contributed by atoms with Crippen LogP contribution in [0.3, 0.4) is 0 Å². The number of carbonyl (C=O) groups excluding carboxylic acids is 2. The Morgan fingerprint density at radius 2 is 1.53 bits per heavy atom. The maximum absolute atomic E-state index is 12.3. The third kappa shape index (κ3) is 3.58. The van der Waals surface area contributed by atoms with Crippen molar-refractivity contribution in [2.24, 2.45) is 0 Å². The van der Waals surface area contributed by atoms with E-state index >= 15 is 0 Å². The number of rotatable bonds is 7. The lowest BCUT2D eigenvalue weighted by atomic mass is 9.89. The lowest BCUT2D eigenvalue weighted by molar-refractivity contribution is -0.121. The van der Waals surface area contributed by atoms with Gasteiger partial charge in [-0.2, -0.15) is 0 Å². The maximum Gasteiger partial charge on any atom is 0.228 e. The van der Waals surface area contributed by atoms with Crippen molar-refractivity contribution < 1.29 is 19.1 Å². The molecule has 0 fully saturated rings. The Bertz CT molecular complexity index is 435.